The molecule has 0 heterocycles. The van der Waals surface area contributed by atoms with E-state index in [1.807, 2.05) is 13.8 Å². The highest BCUT2D eigenvalue weighted by atomic mass is 16.6. The summed E-state index contributed by atoms with van der Waals surface area (Å²) in [5, 5.41) is 0. The lowest BCUT2D eigenvalue weighted by Gasteiger charge is -2.06. The summed E-state index contributed by atoms with van der Waals surface area (Å²) in [6.45, 7) is 4.23. The van der Waals surface area contributed by atoms with Crippen LogP contribution < -0.4 is 0 Å². The maximum Gasteiger partial charge on any atom is 0.422 e. The summed E-state index contributed by atoms with van der Waals surface area (Å²) in [6.07, 6.45) is 0.0869. The zero-order valence-corrected chi connectivity index (χ0v) is 10.5. The van der Waals surface area contributed by atoms with Crippen LogP contribution in [0.1, 0.15) is 19.4 Å². The monoisotopic (exact) mass is 248 g/mol. The largest absolute Gasteiger partial charge is 0.454 e. The van der Waals surface area contributed by atoms with Crippen LogP contribution >= 0.6 is 0 Å². The summed E-state index contributed by atoms with van der Waals surface area (Å²) >= 11 is 0. The van der Waals surface area contributed by atoms with Gasteiger partial charge in [-0.15, -0.1) is 0 Å². The molecule has 0 N–H and O–H groups in total. The first-order valence-electron chi connectivity index (χ1n) is 5.71. The highest BCUT2D eigenvalue weighted by molar-refractivity contribution is 6.40. The quantitative estimate of drug-likeness (QED) is 0.253. The number of carbonyl (C=O) groups is 1. The van der Waals surface area contributed by atoms with E-state index in [0.29, 0.717) is 12.2 Å². The molecule has 18 heavy (non-hydrogen) atoms. The van der Waals surface area contributed by atoms with E-state index in [2.05, 4.69) is 4.79 Å². The van der Waals surface area contributed by atoms with E-state index in [-0.39, 0.29) is 18.4 Å². The molecule has 0 aliphatic rings. The standard InChI is InChI=1S/C13H16N2O3/c1-10(2)17-8-9-18-13(16)12(15-14)11-6-4-3-5-7-11/h3-7,10H,8-9H2,1-2H3. The molecule has 1 aromatic carbocycles. The van der Waals surface area contributed by atoms with Crippen molar-refractivity contribution in [3.8, 4) is 0 Å². The number of nitrogens with zero attached hydrogens (tertiary/aromatic N) is 2. The van der Waals surface area contributed by atoms with Crippen LogP contribution in [0.2, 0.25) is 0 Å². The summed E-state index contributed by atoms with van der Waals surface area (Å²) in [4.78, 5) is 14.6. The van der Waals surface area contributed by atoms with Gasteiger partial charge in [-0.2, -0.15) is 4.79 Å². The van der Waals surface area contributed by atoms with Crippen LogP contribution in [0.25, 0.3) is 5.53 Å². The molecule has 5 nitrogen and oxygen atoms in total. The van der Waals surface area contributed by atoms with Crippen molar-refractivity contribution in [1.29, 1.82) is 0 Å². The van der Waals surface area contributed by atoms with Crippen LogP contribution in [0, 0.1) is 0 Å². The third-order valence-corrected chi connectivity index (χ3v) is 2.11. The fraction of sp³-hybridized carbons (Fsp3) is 0.385. The van der Waals surface area contributed by atoms with Gasteiger partial charge >= 0.3 is 11.7 Å². The van der Waals surface area contributed by atoms with Gasteiger partial charge in [0.15, 0.2) is 0 Å². The molecule has 0 bridgehead atoms. The molecule has 1 aromatic rings. The van der Waals surface area contributed by atoms with Gasteiger partial charge in [0, 0.05) is 0 Å². The van der Waals surface area contributed by atoms with Crippen LogP contribution in [0.5, 0.6) is 0 Å². The number of hydrogen-bond donors (Lipinski definition) is 0. The summed E-state index contributed by atoms with van der Waals surface area (Å²) in [5.41, 5.74) is 9.25. The molecular weight excluding hydrogens is 232 g/mol. The van der Waals surface area contributed by atoms with Gasteiger partial charge in [-0.05, 0) is 26.0 Å². The molecular formula is C13H16N2O3. The second-order valence-electron chi connectivity index (χ2n) is 3.87. The predicted octanol–water partition coefficient (Wildman–Crippen LogP) is 1.67. The highest BCUT2D eigenvalue weighted by Gasteiger charge is 2.23. The molecule has 0 amide bonds. The molecule has 1 rings (SSSR count). The molecule has 0 aliphatic carbocycles. The number of rotatable bonds is 6. The smallest absolute Gasteiger partial charge is 0.422 e. The summed E-state index contributed by atoms with van der Waals surface area (Å²) in [7, 11) is 0. The van der Waals surface area contributed by atoms with Gasteiger partial charge < -0.3 is 15.0 Å². The number of benzene rings is 1. The van der Waals surface area contributed by atoms with E-state index < -0.39 is 5.97 Å². The lowest BCUT2D eigenvalue weighted by molar-refractivity contribution is -0.142. The number of hydrogen-bond acceptors (Lipinski definition) is 3. The molecule has 5 heteroatoms. The Morgan fingerprint density at radius 3 is 2.50 bits per heavy atom. The third-order valence-electron chi connectivity index (χ3n) is 2.11. The van der Waals surface area contributed by atoms with E-state index >= 15 is 0 Å². The first-order chi connectivity index (χ1) is 8.65. The fourth-order valence-electron chi connectivity index (χ4n) is 1.30. The summed E-state index contributed by atoms with van der Waals surface area (Å²) in [5.74, 6) is -0.670. The van der Waals surface area contributed by atoms with Gasteiger partial charge in [-0.1, -0.05) is 18.2 Å². The Hall–Kier alpha value is -1.97. The molecule has 0 saturated heterocycles. The number of ether oxygens (including phenoxy) is 2. The SMILES string of the molecule is CC(C)OCCOC(=O)C(=[N+]=[N-])c1ccccc1. The van der Waals surface area contributed by atoms with E-state index in [1.165, 1.54) is 0 Å². The molecule has 0 radical (unpaired) electrons. The van der Waals surface area contributed by atoms with E-state index in [4.69, 9.17) is 15.0 Å². The van der Waals surface area contributed by atoms with Crippen molar-refractivity contribution in [2.24, 2.45) is 0 Å². The Bertz CT molecular complexity index is 437. The van der Waals surface area contributed by atoms with Crippen LogP contribution in [-0.4, -0.2) is 35.8 Å². The van der Waals surface area contributed by atoms with Gasteiger partial charge in [0.05, 0.1) is 18.3 Å². The molecule has 0 unspecified atom stereocenters. The van der Waals surface area contributed by atoms with Crippen molar-refractivity contribution >= 4 is 11.7 Å². The van der Waals surface area contributed by atoms with Gasteiger partial charge in [0.1, 0.15) is 6.61 Å². The lowest BCUT2D eigenvalue weighted by atomic mass is 10.1. The van der Waals surface area contributed by atoms with Gasteiger partial charge in [0.2, 0.25) is 0 Å². The minimum atomic E-state index is -0.670. The minimum absolute atomic E-state index is 0.0869. The molecule has 0 saturated carbocycles. The van der Waals surface area contributed by atoms with Crippen molar-refractivity contribution in [3.05, 3.63) is 41.4 Å². The van der Waals surface area contributed by atoms with E-state index in [1.54, 1.807) is 30.3 Å². The first kappa shape index (κ1) is 14.1. The predicted molar refractivity (Wildman–Crippen MR) is 66.2 cm³/mol. The molecule has 0 atom stereocenters. The molecule has 96 valence electrons. The molecule has 0 aromatic heterocycles. The van der Waals surface area contributed by atoms with Gasteiger partial charge in [-0.3, -0.25) is 0 Å². The van der Waals surface area contributed by atoms with Gasteiger partial charge in [0.25, 0.3) is 0 Å². The van der Waals surface area contributed by atoms with Crippen molar-refractivity contribution in [2.75, 3.05) is 13.2 Å². The fourth-order valence-corrected chi connectivity index (χ4v) is 1.30. The zero-order valence-electron chi connectivity index (χ0n) is 10.5. The number of esters is 1. The Kier molecular flexibility index (Phi) is 5.77. The Balaban J connectivity index is 2.52. The van der Waals surface area contributed by atoms with E-state index in [0.717, 1.165) is 0 Å². The average Bonchev–Trinajstić information content (AvgIpc) is 2.36. The first-order valence-corrected chi connectivity index (χ1v) is 5.71. The summed E-state index contributed by atoms with van der Waals surface area (Å²) < 4.78 is 10.2. The zero-order chi connectivity index (χ0) is 13.4. The van der Waals surface area contributed by atoms with Crippen molar-refractivity contribution in [3.63, 3.8) is 0 Å². The Morgan fingerprint density at radius 2 is 1.94 bits per heavy atom. The van der Waals surface area contributed by atoms with Crippen LogP contribution in [0.15, 0.2) is 30.3 Å². The van der Waals surface area contributed by atoms with Crippen molar-refractivity contribution < 1.29 is 19.1 Å². The lowest BCUT2D eigenvalue weighted by Crippen LogP contribution is -2.22. The summed E-state index contributed by atoms with van der Waals surface area (Å²) in [6, 6.07) is 8.63. The van der Waals surface area contributed by atoms with Gasteiger partial charge in [-0.25, -0.2) is 4.79 Å². The molecule has 0 spiro atoms. The van der Waals surface area contributed by atoms with Crippen molar-refractivity contribution in [1.82, 2.24) is 0 Å². The molecule has 0 aliphatic heterocycles. The van der Waals surface area contributed by atoms with Crippen molar-refractivity contribution in [2.45, 2.75) is 20.0 Å². The second-order valence-corrected chi connectivity index (χ2v) is 3.87. The number of carbonyl (C=O) groups excluding carboxylic acids is 1. The third kappa shape index (κ3) is 4.49. The minimum Gasteiger partial charge on any atom is -0.454 e. The average molecular weight is 248 g/mol. The second kappa shape index (κ2) is 7.37. The maximum absolute atomic E-state index is 11.7. The topological polar surface area (TPSA) is 71.9 Å². The molecule has 0 fully saturated rings. The normalized spacial score (nSPS) is 9.94. The van der Waals surface area contributed by atoms with Crippen LogP contribution in [-0.2, 0) is 14.3 Å². The maximum atomic E-state index is 11.7. The Labute approximate surface area is 106 Å². The Morgan fingerprint density at radius 1 is 1.28 bits per heavy atom. The highest BCUT2D eigenvalue weighted by Crippen LogP contribution is 2.01. The van der Waals surface area contributed by atoms with Crippen LogP contribution in [0.4, 0.5) is 0 Å². The van der Waals surface area contributed by atoms with Crippen LogP contribution in [0.3, 0.4) is 0 Å². The van der Waals surface area contributed by atoms with E-state index in [9.17, 15) is 4.79 Å².